The summed E-state index contributed by atoms with van der Waals surface area (Å²) in [6, 6.07) is 0. The maximum Gasteiger partial charge on any atom is 0.159 e. The number of halogens is 4. The highest BCUT2D eigenvalue weighted by Crippen LogP contribution is 2.70. The van der Waals surface area contributed by atoms with E-state index in [1.54, 1.807) is 0 Å². The first kappa shape index (κ1) is 11.2. The molecule has 0 aromatic rings. The number of hydrogen-bond acceptors (Lipinski definition) is 1. The lowest BCUT2D eigenvalue weighted by Gasteiger charge is -2.07. The van der Waals surface area contributed by atoms with E-state index in [9.17, 15) is 5.11 Å². The van der Waals surface area contributed by atoms with Crippen LogP contribution in [0.3, 0.4) is 0 Å². The predicted molar refractivity (Wildman–Crippen MR) is 53.3 cm³/mol. The van der Waals surface area contributed by atoms with Crippen LogP contribution in [0.25, 0.3) is 0 Å². The Labute approximate surface area is 91.9 Å². The lowest BCUT2D eigenvalue weighted by molar-refractivity contribution is 0.138. The van der Waals surface area contributed by atoms with Gasteiger partial charge in [0, 0.05) is 0 Å². The first-order valence-electron chi connectivity index (χ1n) is 3.79. The lowest BCUT2D eigenvalue weighted by atomic mass is 10.1. The summed E-state index contributed by atoms with van der Waals surface area (Å²) in [4.78, 5) is 0. The molecule has 1 aliphatic carbocycles. The van der Waals surface area contributed by atoms with Gasteiger partial charge in [0.25, 0.3) is 0 Å². The average molecular weight is 252 g/mol. The SMILES string of the molecule is CCCC(O)C1C(Cl)(Cl)C1(Cl)Cl. The smallest absolute Gasteiger partial charge is 0.159 e. The Kier molecular flexibility index (Phi) is 3.13. The van der Waals surface area contributed by atoms with E-state index in [1.807, 2.05) is 6.92 Å². The predicted octanol–water partition coefficient (Wildman–Crippen LogP) is 3.13. The third kappa shape index (κ3) is 1.55. The molecule has 0 aromatic heterocycles. The van der Waals surface area contributed by atoms with Crippen molar-refractivity contribution in [2.45, 2.75) is 34.5 Å². The summed E-state index contributed by atoms with van der Waals surface area (Å²) in [6.45, 7) is 1.96. The molecule has 5 heteroatoms. The van der Waals surface area contributed by atoms with Crippen LogP contribution in [0.15, 0.2) is 0 Å². The zero-order chi connectivity index (χ0) is 9.57. The van der Waals surface area contributed by atoms with Crippen LogP contribution in [0.5, 0.6) is 0 Å². The molecule has 0 spiro atoms. The average Bonchev–Trinajstić information content (AvgIpc) is 2.24. The van der Waals surface area contributed by atoms with Gasteiger partial charge >= 0.3 is 0 Å². The molecule has 0 heterocycles. The fourth-order valence-corrected chi connectivity index (χ4v) is 3.02. The standard InChI is InChI=1S/C7H10Cl4O/c1-2-3-4(12)5-6(8,9)7(5,10)11/h4-5,12H,2-3H2,1H3. The largest absolute Gasteiger partial charge is 0.393 e. The van der Waals surface area contributed by atoms with Crippen LogP contribution in [-0.4, -0.2) is 19.9 Å². The van der Waals surface area contributed by atoms with Crippen molar-refractivity contribution in [2.24, 2.45) is 5.92 Å². The van der Waals surface area contributed by atoms with E-state index in [1.165, 1.54) is 0 Å². The van der Waals surface area contributed by atoms with Crippen LogP contribution in [0.2, 0.25) is 0 Å². The zero-order valence-electron chi connectivity index (χ0n) is 6.53. The molecular weight excluding hydrogens is 242 g/mol. The molecule has 1 aliphatic rings. The van der Waals surface area contributed by atoms with Gasteiger partial charge in [-0.05, 0) is 6.42 Å². The molecule has 0 aromatic carbocycles. The number of aliphatic hydroxyl groups is 1. The molecule has 0 bridgehead atoms. The van der Waals surface area contributed by atoms with Gasteiger partial charge in [-0.2, -0.15) is 0 Å². The normalized spacial score (nSPS) is 28.5. The number of hydrogen-bond donors (Lipinski definition) is 1. The monoisotopic (exact) mass is 250 g/mol. The second-order valence-corrected chi connectivity index (χ2v) is 5.85. The minimum Gasteiger partial charge on any atom is -0.393 e. The van der Waals surface area contributed by atoms with E-state index in [0.29, 0.717) is 6.42 Å². The highest BCUT2D eigenvalue weighted by atomic mass is 35.5. The summed E-state index contributed by atoms with van der Waals surface area (Å²) >= 11 is 23.1. The van der Waals surface area contributed by atoms with Gasteiger partial charge in [-0.25, -0.2) is 0 Å². The Morgan fingerprint density at radius 2 is 1.67 bits per heavy atom. The summed E-state index contributed by atoms with van der Waals surface area (Å²) in [5, 5.41) is 9.52. The van der Waals surface area contributed by atoms with Gasteiger partial charge in [0.1, 0.15) is 0 Å². The highest BCUT2D eigenvalue weighted by molar-refractivity contribution is 6.68. The van der Waals surface area contributed by atoms with Crippen LogP contribution in [0, 0.1) is 5.92 Å². The fourth-order valence-electron chi connectivity index (χ4n) is 1.31. The van der Waals surface area contributed by atoms with E-state index >= 15 is 0 Å². The van der Waals surface area contributed by atoms with Crippen molar-refractivity contribution in [3.63, 3.8) is 0 Å². The number of rotatable bonds is 3. The zero-order valence-corrected chi connectivity index (χ0v) is 9.55. The maximum atomic E-state index is 9.52. The Balaban J connectivity index is 2.58. The lowest BCUT2D eigenvalue weighted by Crippen LogP contribution is -2.13. The van der Waals surface area contributed by atoms with Gasteiger partial charge in [0.05, 0.1) is 12.0 Å². The van der Waals surface area contributed by atoms with Gasteiger partial charge in [0.2, 0.25) is 0 Å². The Hall–Kier alpha value is 1.12. The summed E-state index contributed by atoms with van der Waals surface area (Å²) in [6.07, 6.45) is 0.860. The molecule has 0 saturated heterocycles. The highest BCUT2D eigenvalue weighted by Gasteiger charge is 2.77. The molecule has 1 saturated carbocycles. The second-order valence-electron chi connectivity index (χ2n) is 3.08. The molecule has 1 fully saturated rings. The molecule has 0 amide bonds. The van der Waals surface area contributed by atoms with Crippen LogP contribution >= 0.6 is 46.4 Å². The van der Waals surface area contributed by atoms with E-state index in [4.69, 9.17) is 46.4 Å². The third-order valence-corrected chi connectivity index (χ3v) is 4.63. The molecule has 12 heavy (non-hydrogen) atoms. The van der Waals surface area contributed by atoms with Crippen molar-refractivity contribution in [1.82, 2.24) is 0 Å². The van der Waals surface area contributed by atoms with Crippen molar-refractivity contribution in [2.75, 3.05) is 0 Å². The minimum atomic E-state index is -1.19. The molecular formula is C7H10Cl4O. The number of alkyl halides is 4. The van der Waals surface area contributed by atoms with Crippen LogP contribution in [0.1, 0.15) is 19.8 Å². The molecule has 0 aliphatic heterocycles. The van der Waals surface area contributed by atoms with Crippen molar-refractivity contribution < 1.29 is 5.11 Å². The van der Waals surface area contributed by atoms with Gasteiger partial charge in [0.15, 0.2) is 8.67 Å². The molecule has 1 rings (SSSR count). The van der Waals surface area contributed by atoms with Crippen molar-refractivity contribution >= 4 is 46.4 Å². The van der Waals surface area contributed by atoms with Gasteiger partial charge < -0.3 is 5.11 Å². The quantitative estimate of drug-likeness (QED) is 0.765. The van der Waals surface area contributed by atoms with Crippen LogP contribution in [0.4, 0.5) is 0 Å². The summed E-state index contributed by atoms with van der Waals surface area (Å²) in [5.74, 6) is -0.434. The fraction of sp³-hybridized carbons (Fsp3) is 1.00. The first-order valence-corrected chi connectivity index (χ1v) is 5.30. The van der Waals surface area contributed by atoms with Gasteiger partial charge in [-0.3, -0.25) is 0 Å². The Morgan fingerprint density at radius 3 is 1.92 bits per heavy atom. The van der Waals surface area contributed by atoms with Crippen LogP contribution in [-0.2, 0) is 0 Å². The molecule has 1 unspecified atom stereocenters. The third-order valence-electron chi connectivity index (χ3n) is 2.11. The van der Waals surface area contributed by atoms with Crippen LogP contribution < -0.4 is 0 Å². The molecule has 0 radical (unpaired) electrons. The maximum absolute atomic E-state index is 9.52. The molecule has 1 nitrogen and oxygen atoms in total. The second kappa shape index (κ2) is 3.36. The summed E-state index contributed by atoms with van der Waals surface area (Å²) in [5.41, 5.74) is 0. The van der Waals surface area contributed by atoms with Gasteiger partial charge in [-0.15, -0.1) is 0 Å². The molecule has 1 N–H and O–H groups in total. The van der Waals surface area contributed by atoms with Crippen molar-refractivity contribution in [3.8, 4) is 0 Å². The van der Waals surface area contributed by atoms with E-state index < -0.39 is 20.7 Å². The Bertz CT molecular complexity index is 166. The Morgan fingerprint density at radius 1 is 1.25 bits per heavy atom. The van der Waals surface area contributed by atoms with E-state index in [2.05, 4.69) is 0 Å². The van der Waals surface area contributed by atoms with Crippen molar-refractivity contribution in [3.05, 3.63) is 0 Å². The van der Waals surface area contributed by atoms with Crippen molar-refractivity contribution in [1.29, 1.82) is 0 Å². The first-order chi connectivity index (χ1) is 5.35. The number of aliphatic hydroxyl groups excluding tert-OH is 1. The van der Waals surface area contributed by atoms with Gasteiger partial charge in [-0.1, -0.05) is 59.7 Å². The summed E-state index contributed by atoms with van der Waals surface area (Å²) in [7, 11) is 0. The molecule has 1 atom stereocenters. The minimum absolute atomic E-state index is 0.434. The van der Waals surface area contributed by atoms with E-state index in [0.717, 1.165) is 6.42 Å². The van der Waals surface area contributed by atoms with E-state index in [-0.39, 0.29) is 0 Å². The topological polar surface area (TPSA) is 20.2 Å². The molecule has 72 valence electrons. The summed E-state index contributed by atoms with van der Waals surface area (Å²) < 4.78 is -2.38.